The van der Waals surface area contributed by atoms with Crippen LogP contribution in [0, 0.1) is 6.92 Å². The van der Waals surface area contributed by atoms with Crippen molar-refractivity contribution in [2.75, 3.05) is 18.9 Å². The van der Waals surface area contributed by atoms with Crippen LogP contribution in [0.25, 0.3) is 11.2 Å². The van der Waals surface area contributed by atoms with Crippen LogP contribution in [0.1, 0.15) is 31.1 Å². The van der Waals surface area contributed by atoms with E-state index in [0.717, 1.165) is 10.9 Å². The van der Waals surface area contributed by atoms with Crippen molar-refractivity contribution < 1.29 is 38.2 Å². The van der Waals surface area contributed by atoms with E-state index in [4.69, 9.17) is 24.3 Å². The van der Waals surface area contributed by atoms with Crippen molar-refractivity contribution in [2.45, 2.75) is 56.6 Å². The summed E-state index contributed by atoms with van der Waals surface area (Å²) in [6.07, 6.45) is -3.60. The predicted octanol–water partition coefficient (Wildman–Crippen LogP) is -1.91. The van der Waals surface area contributed by atoms with Crippen molar-refractivity contribution in [1.82, 2.24) is 34.1 Å². The maximum absolute atomic E-state index is 12.7. The fourth-order valence-electron chi connectivity index (χ4n) is 4.35. The van der Waals surface area contributed by atoms with Gasteiger partial charge in [-0.3, -0.25) is 23.0 Å². The van der Waals surface area contributed by atoms with Crippen molar-refractivity contribution >= 4 is 24.9 Å². The van der Waals surface area contributed by atoms with Crippen molar-refractivity contribution in [3.05, 3.63) is 39.3 Å². The number of rotatable bonds is 8. The van der Waals surface area contributed by atoms with Crippen molar-refractivity contribution in [1.29, 1.82) is 0 Å². The summed E-state index contributed by atoms with van der Waals surface area (Å²) in [6, 6.07) is 0. The smallest absolute Gasteiger partial charge is 0.394 e. The Bertz CT molecular complexity index is 1490. The molecule has 0 amide bonds. The van der Waals surface area contributed by atoms with Crippen LogP contribution in [0.4, 0.5) is 5.95 Å². The predicted molar refractivity (Wildman–Crippen MR) is 124 cm³/mol. The molecule has 2 saturated heterocycles. The fraction of sp³-hybridized carbons (Fsp3) is 0.579. The molecule has 0 radical (unpaired) electrons. The molecule has 0 spiro atoms. The first kappa shape index (κ1) is 26.5. The summed E-state index contributed by atoms with van der Waals surface area (Å²) < 4.78 is 36.9. The highest BCUT2D eigenvalue weighted by Crippen LogP contribution is 2.49. The fourth-order valence-corrected chi connectivity index (χ4v) is 5.31. The van der Waals surface area contributed by atoms with E-state index in [2.05, 4.69) is 24.9 Å². The number of ether oxygens (including phenoxy) is 2. The van der Waals surface area contributed by atoms with Crippen molar-refractivity contribution in [3.63, 3.8) is 0 Å². The number of imidazole rings is 1. The third kappa shape index (κ3) is 5.25. The minimum absolute atomic E-state index is 0.00278. The first-order valence-electron chi connectivity index (χ1n) is 11.4. The second kappa shape index (κ2) is 10.2. The Morgan fingerprint density at radius 3 is 2.61 bits per heavy atom. The summed E-state index contributed by atoms with van der Waals surface area (Å²) in [5.74, 6) is 0.137. The van der Waals surface area contributed by atoms with Gasteiger partial charge >= 0.3 is 13.5 Å². The summed E-state index contributed by atoms with van der Waals surface area (Å²) in [4.78, 5) is 52.5. The maximum Gasteiger partial charge on any atom is 0.472 e. The van der Waals surface area contributed by atoms with Gasteiger partial charge in [0.15, 0.2) is 11.2 Å². The highest BCUT2D eigenvalue weighted by atomic mass is 31.2. The first-order chi connectivity index (χ1) is 18.0. The molecular formula is C19H25N8O10P. The molecule has 0 bridgehead atoms. The molecule has 18 nitrogen and oxygen atoms in total. The average molecular weight is 556 g/mol. The standard InChI is InChI=1S/C19H25N8O10P/c1-8-23-16-15(17(30)24-8)21-6-26(16)14-3-10(11(4-28)35-14)37-38(32,33)34-5-12-9(29)2-13(36-12)27-7-22-18(20)25-19(27)31/h6-7,9-14,28-29H,2-5H2,1H3,(H,32,33)(H2,20,25,31)(H,23,24,30)/t9?,10?,11-,12-,13-,14-/m1/s1. The molecule has 5 rings (SSSR count). The largest absolute Gasteiger partial charge is 0.472 e. The van der Waals surface area contributed by atoms with E-state index in [1.165, 1.54) is 10.9 Å². The molecule has 2 aliphatic heterocycles. The molecule has 0 aromatic carbocycles. The summed E-state index contributed by atoms with van der Waals surface area (Å²) in [5, 5.41) is 20.1. The number of hydrogen-bond donors (Lipinski definition) is 5. The van der Waals surface area contributed by atoms with Crippen LogP contribution in [0.15, 0.2) is 22.2 Å². The number of nitrogens with one attached hydrogen (secondary N) is 1. The van der Waals surface area contributed by atoms with E-state index in [-0.39, 0.29) is 30.0 Å². The van der Waals surface area contributed by atoms with Crippen molar-refractivity contribution in [3.8, 4) is 0 Å². The van der Waals surface area contributed by atoms with E-state index in [0.29, 0.717) is 5.82 Å². The van der Waals surface area contributed by atoms with Gasteiger partial charge in [-0.05, 0) is 6.92 Å². The topological polar surface area (TPSA) is 252 Å². The SMILES string of the molecule is Cc1nc2c(ncn2[C@H]2CC(OP(=O)(O)OC[C@H]3O[C@@H](n4cnc(N)nc4=O)CC3O)[C@@H](CO)O2)c(=O)[nH]1. The highest BCUT2D eigenvalue weighted by molar-refractivity contribution is 7.47. The number of aromatic nitrogens is 7. The van der Waals surface area contributed by atoms with Crippen LogP contribution in [0.2, 0.25) is 0 Å². The average Bonchev–Trinajstić information content (AvgIpc) is 3.54. The van der Waals surface area contributed by atoms with Gasteiger partial charge in [-0.2, -0.15) is 4.98 Å². The lowest BCUT2D eigenvalue weighted by Gasteiger charge is -2.21. The maximum atomic E-state index is 12.7. The zero-order chi connectivity index (χ0) is 27.2. The quantitative estimate of drug-likeness (QED) is 0.190. The van der Waals surface area contributed by atoms with Crippen LogP contribution in [0.5, 0.6) is 0 Å². The third-order valence-corrected chi connectivity index (χ3v) is 7.16. The molecule has 38 heavy (non-hydrogen) atoms. The van der Waals surface area contributed by atoms with Gasteiger partial charge < -0.3 is 35.3 Å². The molecule has 0 aliphatic carbocycles. The Morgan fingerprint density at radius 2 is 1.87 bits per heavy atom. The number of nitrogens with two attached hydrogens (primary N) is 1. The van der Waals surface area contributed by atoms with Gasteiger partial charge in [-0.15, -0.1) is 0 Å². The molecule has 3 unspecified atom stereocenters. The van der Waals surface area contributed by atoms with E-state index in [1.54, 1.807) is 6.92 Å². The van der Waals surface area contributed by atoms with E-state index < -0.39 is 69.2 Å². The van der Waals surface area contributed by atoms with Crippen LogP contribution in [0.3, 0.4) is 0 Å². The number of nitrogens with zero attached hydrogens (tertiary/aromatic N) is 6. The Kier molecular flexibility index (Phi) is 7.14. The lowest BCUT2D eigenvalue weighted by molar-refractivity contribution is -0.0568. The second-order valence-corrected chi connectivity index (χ2v) is 10.2. The Morgan fingerprint density at radius 1 is 1.16 bits per heavy atom. The summed E-state index contributed by atoms with van der Waals surface area (Å²) in [6.45, 7) is 0.519. The normalized spacial score (nSPS) is 29.2. The number of nitrogen functional groups attached to an aromatic ring is 1. The molecule has 19 heteroatoms. The minimum atomic E-state index is -4.73. The van der Waals surface area contributed by atoms with Crippen LogP contribution < -0.4 is 17.0 Å². The van der Waals surface area contributed by atoms with E-state index in [1.807, 2.05) is 0 Å². The number of phosphoric ester groups is 1. The van der Waals surface area contributed by atoms with Gasteiger partial charge in [-0.1, -0.05) is 0 Å². The van der Waals surface area contributed by atoms with Gasteiger partial charge in [0.25, 0.3) is 5.56 Å². The molecular weight excluding hydrogens is 531 g/mol. The zero-order valence-corrected chi connectivity index (χ0v) is 20.7. The van der Waals surface area contributed by atoms with E-state index >= 15 is 0 Å². The Labute approximate surface area is 212 Å². The molecule has 3 aromatic rings. The van der Waals surface area contributed by atoms with Crippen LogP contribution in [-0.4, -0.2) is 86.8 Å². The number of hydrogen-bond acceptors (Lipinski definition) is 14. The van der Waals surface area contributed by atoms with Crippen LogP contribution >= 0.6 is 7.82 Å². The third-order valence-electron chi connectivity index (χ3n) is 6.15. The van der Waals surface area contributed by atoms with Crippen molar-refractivity contribution in [2.24, 2.45) is 0 Å². The molecule has 2 aliphatic rings. The molecule has 6 N–H and O–H groups in total. The molecule has 3 aromatic heterocycles. The number of aliphatic hydroxyl groups is 2. The number of anilines is 1. The van der Waals surface area contributed by atoms with Gasteiger partial charge in [0.1, 0.15) is 42.9 Å². The lowest BCUT2D eigenvalue weighted by atomic mass is 10.2. The number of H-pyrrole nitrogens is 1. The molecule has 0 saturated carbocycles. The Hall–Kier alpha value is -3.09. The summed E-state index contributed by atoms with van der Waals surface area (Å²) in [7, 11) is -4.73. The van der Waals surface area contributed by atoms with Gasteiger partial charge in [0.05, 0.1) is 25.6 Å². The van der Waals surface area contributed by atoms with Gasteiger partial charge in [0, 0.05) is 12.8 Å². The number of aryl methyl sites for hydroxylation is 1. The molecule has 2 fully saturated rings. The molecule has 206 valence electrons. The molecule has 7 atom stereocenters. The lowest BCUT2D eigenvalue weighted by Crippen LogP contribution is -2.30. The van der Waals surface area contributed by atoms with Gasteiger partial charge in [-0.25, -0.2) is 24.3 Å². The Balaban J connectivity index is 1.23. The number of aliphatic hydroxyl groups excluding tert-OH is 2. The zero-order valence-electron chi connectivity index (χ0n) is 19.9. The first-order valence-corrected chi connectivity index (χ1v) is 12.9. The highest BCUT2D eigenvalue weighted by Gasteiger charge is 2.43. The number of aromatic amines is 1. The summed E-state index contributed by atoms with van der Waals surface area (Å²) in [5.41, 5.74) is 4.53. The van der Waals surface area contributed by atoms with Crippen LogP contribution in [-0.2, 0) is 23.1 Å². The number of fused-ring (bicyclic) bond motifs is 1. The number of phosphoric acid groups is 1. The minimum Gasteiger partial charge on any atom is -0.394 e. The monoisotopic (exact) mass is 556 g/mol. The van der Waals surface area contributed by atoms with E-state index in [9.17, 15) is 29.3 Å². The second-order valence-electron chi connectivity index (χ2n) is 8.77. The van der Waals surface area contributed by atoms with Gasteiger partial charge in [0.2, 0.25) is 5.95 Å². The summed E-state index contributed by atoms with van der Waals surface area (Å²) >= 11 is 0. The molecule has 5 heterocycles.